The molecule has 142 valence electrons. The Labute approximate surface area is 161 Å². The largest absolute Gasteiger partial charge is 0.342 e. The van der Waals surface area contributed by atoms with Gasteiger partial charge in [0.2, 0.25) is 0 Å². The number of rotatable bonds is 6. The van der Waals surface area contributed by atoms with Crippen LogP contribution in [-0.4, -0.2) is 40.7 Å². The van der Waals surface area contributed by atoms with Gasteiger partial charge in [0.1, 0.15) is 6.33 Å². The Morgan fingerprint density at radius 2 is 1.93 bits per heavy atom. The van der Waals surface area contributed by atoms with Crippen LogP contribution in [0.1, 0.15) is 42.5 Å². The number of hydrogen-bond acceptors (Lipinski definition) is 6. The monoisotopic (exact) mass is 376 g/mol. The lowest BCUT2D eigenvalue weighted by molar-refractivity contribution is 0.0929. The van der Waals surface area contributed by atoms with Gasteiger partial charge in [0.05, 0.1) is 11.7 Å². The second kappa shape index (κ2) is 7.55. The number of carbonyl (C=O) groups is 1. The van der Waals surface area contributed by atoms with Crippen molar-refractivity contribution in [2.24, 2.45) is 5.92 Å². The molecule has 0 unspecified atom stereocenters. The van der Waals surface area contributed by atoms with E-state index in [1.165, 1.54) is 11.0 Å². The third kappa shape index (κ3) is 3.59. The van der Waals surface area contributed by atoms with E-state index in [1.807, 2.05) is 28.8 Å². The van der Waals surface area contributed by atoms with E-state index in [0.29, 0.717) is 11.5 Å². The molecule has 28 heavy (non-hydrogen) atoms. The molecule has 0 fully saturated rings. The van der Waals surface area contributed by atoms with Gasteiger partial charge in [0.15, 0.2) is 11.5 Å². The Kier molecular flexibility index (Phi) is 4.79. The molecule has 1 N–H and O–H groups in total. The first-order valence-electron chi connectivity index (χ1n) is 9.06. The van der Waals surface area contributed by atoms with Crippen LogP contribution in [0, 0.1) is 5.92 Å². The third-order valence-corrected chi connectivity index (χ3v) is 4.41. The van der Waals surface area contributed by atoms with Crippen molar-refractivity contribution in [1.29, 1.82) is 0 Å². The zero-order chi connectivity index (χ0) is 19.5. The smallest absolute Gasteiger partial charge is 0.251 e. The van der Waals surface area contributed by atoms with E-state index >= 15 is 0 Å². The summed E-state index contributed by atoms with van der Waals surface area (Å²) in [5.74, 6) is 0.938. The molecule has 0 saturated carbocycles. The molecule has 0 radical (unpaired) electrons. The lowest BCUT2D eigenvalue weighted by Crippen LogP contribution is -2.31. The second-order valence-corrected chi connectivity index (χ2v) is 6.94. The number of pyridine rings is 1. The molecule has 0 aliphatic carbocycles. The molecule has 3 heterocycles. The minimum atomic E-state index is -0.246. The van der Waals surface area contributed by atoms with Gasteiger partial charge in [-0.05, 0) is 59.2 Å². The lowest BCUT2D eigenvalue weighted by Gasteiger charge is -2.19. The third-order valence-electron chi connectivity index (χ3n) is 4.41. The highest BCUT2D eigenvalue weighted by molar-refractivity contribution is 5.94. The fraction of sp³-hybridized carbons (Fsp3) is 0.263. The number of amides is 1. The maximum atomic E-state index is 12.8. The Morgan fingerprint density at radius 1 is 1.11 bits per heavy atom. The predicted octanol–water partition coefficient (Wildman–Crippen LogP) is 2.22. The number of nitrogens with one attached hydrogen (secondary N) is 1. The fourth-order valence-corrected chi connectivity index (χ4v) is 3.08. The van der Waals surface area contributed by atoms with Gasteiger partial charge in [-0.1, -0.05) is 19.9 Å². The van der Waals surface area contributed by atoms with E-state index < -0.39 is 0 Å². The molecule has 9 heteroatoms. The highest BCUT2D eigenvalue weighted by atomic mass is 16.1. The van der Waals surface area contributed by atoms with Crippen molar-refractivity contribution in [2.45, 2.75) is 26.3 Å². The maximum Gasteiger partial charge on any atom is 0.251 e. The molecule has 0 aliphatic heterocycles. The van der Waals surface area contributed by atoms with Crippen LogP contribution in [0.5, 0.6) is 0 Å². The molecule has 9 nitrogen and oxygen atoms in total. The average Bonchev–Trinajstić information content (AvgIpc) is 3.37. The van der Waals surface area contributed by atoms with Gasteiger partial charge in [-0.25, -0.2) is 4.68 Å². The summed E-state index contributed by atoms with van der Waals surface area (Å²) in [5.41, 5.74) is 2.09. The van der Waals surface area contributed by atoms with Crippen LogP contribution in [0.2, 0.25) is 0 Å². The molecule has 1 atom stereocenters. The van der Waals surface area contributed by atoms with Crippen LogP contribution in [0.25, 0.3) is 11.3 Å². The Morgan fingerprint density at radius 3 is 2.64 bits per heavy atom. The number of aromatic nitrogens is 7. The molecule has 0 saturated heterocycles. The summed E-state index contributed by atoms with van der Waals surface area (Å²) in [7, 11) is 0. The van der Waals surface area contributed by atoms with Crippen molar-refractivity contribution >= 4 is 11.6 Å². The standard InChI is InChI=1S/C19H20N8O/c1-13(2)11-16(18-23-22-17-5-3-4-10-26(17)18)21-19(28)14-6-8-15(9-7-14)27-12-20-24-25-27/h3-10,12-13,16H,11H2,1-2H3,(H,21,28)/t16-/m0/s1. The van der Waals surface area contributed by atoms with Crippen molar-refractivity contribution in [1.82, 2.24) is 40.1 Å². The number of fused-ring (bicyclic) bond motifs is 1. The van der Waals surface area contributed by atoms with Gasteiger partial charge in [-0.2, -0.15) is 0 Å². The summed E-state index contributed by atoms with van der Waals surface area (Å²) in [5, 5.41) is 22.7. The molecular formula is C19H20N8O. The van der Waals surface area contributed by atoms with E-state index in [0.717, 1.165) is 23.6 Å². The Balaban J connectivity index is 1.57. The van der Waals surface area contributed by atoms with Gasteiger partial charge >= 0.3 is 0 Å². The highest BCUT2D eigenvalue weighted by Gasteiger charge is 2.22. The Bertz CT molecular complexity index is 1070. The van der Waals surface area contributed by atoms with Gasteiger partial charge in [-0.3, -0.25) is 9.20 Å². The van der Waals surface area contributed by atoms with Crippen LogP contribution in [0.15, 0.2) is 55.0 Å². The first-order chi connectivity index (χ1) is 13.6. The van der Waals surface area contributed by atoms with E-state index in [4.69, 9.17) is 0 Å². The Hall–Kier alpha value is -3.62. The van der Waals surface area contributed by atoms with Crippen molar-refractivity contribution in [3.63, 3.8) is 0 Å². The van der Waals surface area contributed by atoms with Crippen molar-refractivity contribution < 1.29 is 4.79 Å². The van der Waals surface area contributed by atoms with Crippen molar-refractivity contribution in [2.75, 3.05) is 0 Å². The van der Waals surface area contributed by atoms with Crippen molar-refractivity contribution in [3.8, 4) is 5.69 Å². The van der Waals surface area contributed by atoms with Crippen LogP contribution in [0.4, 0.5) is 0 Å². The summed E-state index contributed by atoms with van der Waals surface area (Å²) in [6, 6.07) is 12.6. The topological polar surface area (TPSA) is 103 Å². The summed E-state index contributed by atoms with van der Waals surface area (Å²) in [6.07, 6.45) is 4.17. The van der Waals surface area contributed by atoms with Crippen LogP contribution in [0.3, 0.4) is 0 Å². The van der Waals surface area contributed by atoms with Gasteiger partial charge in [0, 0.05) is 11.8 Å². The number of benzene rings is 1. The molecule has 0 spiro atoms. The molecule has 4 aromatic rings. The summed E-state index contributed by atoms with van der Waals surface area (Å²) < 4.78 is 3.44. The second-order valence-electron chi connectivity index (χ2n) is 6.94. The number of hydrogen-bond donors (Lipinski definition) is 1. The normalized spacial score (nSPS) is 12.4. The molecule has 1 aromatic carbocycles. The SMILES string of the molecule is CC(C)C[C@H](NC(=O)c1ccc(-n2cnnn2)cc1)c1nnc2ccccn12. The van der Waals surface area contributed by atoms with E-state index in [2.05, 4.69) is 44.9 Å². The van der Waals surface area contributed by atoms with Gasteiger partial charge < -0.3 is 5.32 Å². The average molecular weight is 376 g/mol. The first-order valence-corrected chi connectivity index (χ1v) is 9.06. The zero-order valence-electron chi connectivity index (χ0n) is 15.6. The molecule has 0 bridgehead atoms. The lowest BCUT2D eigenvalue weighted by atomic mass is 10.0. The summed E-state index contributed by atoms with van der Waals surface area (Å²) in [6.45, 7) is 4.23. The highest BCUT2D eigenvalue weighted by Crippen LogP contribution is 2.21. The zero-order valence-corrected chi connectivity index (χ0v) is 15.6. The number of nitrogens with zero attached hydrogens (tertiary/aromatic N) is 7. The van der Waals surface area contributed by atoms with Crippen LogP contribution in [-0.2, 0) is 0 Å². The maximum absolute atomic E-state index is 12.8. The van der Waals surface area contributed by atoms with Gasteiger partial charge in [0.25, 0.3) is 5.91 Å². The minimum absolute atomic E-state index is 0.165. The molecular weight excluding hydrogens is 356 g/mol. The molecule has 4 rings (SSSR count). The van der Waals surface area contributed by atoms with Crippen molar-refractivity contribution in [3.05, 3.63) is 66.4 Å². The fourth-order valence-electron chi connectivity index (χ4n) is 3.08. The molecule has 3 aromatic heterocycles. The van der Waals surface area contributed by atoms with Gasteiger partial charge in [-0.15, -0.1) is 15.3 Å². The summed E-state index contributed by atoms with van der Waals surface area (Å²) >= 11 is 0. The van der Waals surface area contributed by atoms with E-state index in [-0.39, 0.29) is 11.9 Å². The van der Waals surface area contributed by atoms with Crippen LogP contribution < -0.4 is 5.32 Å². The van der Waals surface area contributed by atoms with E-state index in [1.54, 1.807) is 24.3 Å². The minimum Gasteiger partial charge on any atom is -0.342 e. The molecule has 0 aliphatic rings. The summed E-state index contributed by atoms with van der Waals surface area (Å²) in [4.78, 5) is 12.8. The predicted molar refractivity (Wildman–Crippen MR) is 102 cm³/mol. The number of tetrazole rings is 1. The first kappa shape index (κ1) is 17.8. The quantitative estimate of drug-likeness (QED) is 0.553. The molecule has 1 amide bonds. The van der Waals surface area contributed by atoms with Crippen LogP contribution >= 0.6 is 0 Å². The number of carbonyl (C=O) groups excluding carboxylic acids is 1. The van der Waals surface area contributed by atoms with E-state index in [9.17, 15) is 4.79 Å².